The van der Waals surface area contributed by atoms with E-state index in [0.717, 1.165) is 5.56 Å². The fourth-order valence-electron chi connectivity index (χ4n) is 3.38. The van der Waals surface area contributed by atoms with Crippen LogP contribution in [0.15, 0.2) is 48.7 Å². The van der Waals surface area contributed by atoms with Gasteiger partial charge in [0.1, 0.15) is 17.7 Å². The zero-order chi connectivity index (χ0) is 21.3. The summed E-state index contributed by atoms with van der Waals surface area (Å²) >= 11 is 0. The monoisotopic (exact) mass is 410 g/mol. The van der Waals surface area contributed by atoms with E-state index >= 15 is 0 Å². The summed E-state index contributed by atoms with van der Waals surface area (Å²) in [6, 6.07) is 10.1. The zero-order valence-corrected chi connectivity index (χ0v) is 16.3. The van der Waals surface area contributed by atoms with Crippen LogP contribution in [0.4, 0.5) is 15.9 Å². The summed E-state index contributed by atoms with van der Waals surface area (Å²) in [5.74, 6) is 0.411. The van der Waals surface area contributed by atoms with Crippen molar-refractivity contribution >= 4 is 23.3 Å². The number of carbonyl (C=O) groups is 2. The smallest absolute Gasteiger partial charge is 0.251 e. The number of rotatable bonds is 6. The number of anilines is 2. The van der Waals surface area contributed by atoms with Crippen LogP contribution in [0.2, 0.25) is 0 Å². The molecule has 2 aromatic carbocycles. The summed E-state index contributed by atoms with van der Waals surface area (Å²) in [6.45, 7) is 0. The van der Waals surface area contributed by atoms with Gasteiger partial charge >= 0.3 is 0 Å². The summed E-state index contributed by atoms with van der Waals surface area (Å²) in [7, 11) is 3.09. The Morgan fingerprint density at radius 2 is 2.00 bits per heavy atom. The second-order valence-electron chi connectivity index (χ2n) is 6.69. The van der Waals surface area contributed by atoms with Crippen molar-refractivity contribution in [2.45, 2.75) is 12.5 Å². The topological polar surface area (TPSA) is 94.5 Å². The second kappa shape index (κ2) is 7.86. The molecular weight excluding hydrogens is 391 g/mol. The molecule has 0 fully saturated rings. The molecule has 4 rings (SSSR count). The van der Waals surface area contributed by atoms with Gasteiger partial charge < -0.3 is 20.1 Å². The van der Waals surface area contributed by atoms with Crippen LogP contribution in [0.5, 0.6) is 11.5 Å². The van der Waals surface area contributed by atoms with Gasteiger partial charge in [0.05, 0.1) is 26.8 Å². The van der Waals surface area contributed by atoms with Gasteiger partial charge in [0.15, 0.2) is 11.5 Å². The average molecular weight is 410 g/mol. The van der Waals surface area contributed by atoms with E-state index in [-0.39, 0.29) is 12.3 Å². The first-order chi connectivity index (χ1) is 14.5. The zero-order valence-electron chi connectivity index (χ0n) is 16.3. The largest absolute Gasteiger partial charge is 0.493 e. The number of amides is 2. The van der Waals surface area contributed by atoms with E-state index < -0.39 is 17.8 Å². The molecule has 2 amide bonds. The Bertz CT molecular complexity index is 1130. The molecule has 30 heavy (non-hydrogen) atoms. The van der Waals surface area contributed by atoms with Crippen LogP contribution in [-0.4, -0.2) is 35.8 Å². The molecule has 1 aliphatic rings. The van der Waals surface area contributed by atoms with Crippen molar-refractivity contribution in [3.05, 3.63) is 54.5 Å². The quantitative estimate of drug-likeness (QED) is 0.651. The molecule has 1 unspecified atom stereocenters. The Morgan fingerprint density at radius 1 is 1.20 bits per heavy atom. The Balaban J connectivity index is 1.56. The number of aromatic nitrogens is 2. The molecular formula is C21H19FN4O4. The van der Waals surface area contributed by atoms with Crippen molar-refractivity contribution in [2.24, 2.45) is 0 Å². The normalized spacial score (nSPS) is 14.8. The third-order valence-electron chi connectivity index (χ3n) is 4.82. The number of ether oxygens (including phenoxy) is 2. The van der Waals surface area contributed by atoms with Gasteiger partial charge in [0.2, 0.25) is 5.91 Å². The molecule has 2 heterocycles. The van der Waals surface area contributed by atoms with Crippen molar-refractivity contribution in [3.63, 3.8) is 0 Å². The van der Waals surface area contributed by atoms with Gasteiger partial charge in [-0.2, -0.15) is 5.10 Å². The lowest BCUT2D eigenvalue weighted by molar-refractivity contribution is -0.123. The Hall–Kier alpha value is -3.88. The van der Waals surface area contributed by atoms with Crippen LogP contribution < -0.4 is 20.1 Å². The number of nitrogens with zero attached hydrogens (tertiary/aromatic N) is 2. The van der Waals surface area contributed by atoms with E-state index in [4.69, 9.17) is 9.47 Å². The number of carbonyl (C=O) groups excluding carboxylic acids is 2. The third kappa shape index (κ3) is 3.57. The van der Waals surface area contributed by atoms with Crippen molar-refractivity contribution in [3.8, 4) is 22.6 Å². The highest BCUT2D eigenvalue weighted by Gasteiger charge is 2.35. The van der Waals surface area contributed by atoms with Crippen LogP contribution in [0.1, 0.15) is 12.5 Å². The second-order valence-corrected chi connectivity index (χ2v) is 6.69. The molecule has 0 radical (unpaired) electrons. The van der Waals surface area contributed by atoms with E-state index in [1.165, 1.54) is 22.9 Å². The molecule has 2 N–H and O–H groups in total. The van der Waals surface area contributed by atoms with Gasteiger partial charge in [0.25, 0.3) is 5.91 Å². The highest BCUT2D eigenvalue weighted by Crippen LogP contribution is 2.39. The highest BCUT2D eigenvalue weighted by atomic mass is 19.1. The summed E-state index contributed by atoms with van der Waals surface area (Å²) in [5, 5.41) is 9.68. The maximum Gasteiger partial charge on any atom is 0.251 e. The van der Waals surface area contributed by atoms with Gasteiger partial charge in [-0.3, -0.25) is 9.59 Å². The lowest BCUT2D eigenvalue weighted by Crippen LogP contribution is -2.23. The molecule has 1 aliphatic heterocycles. The Kier molecular flexibility index (Phi) is 5.09. The standard InChI is InChI=1S/C21H19FN4O4/c1-29-17-7-6-12(8-18(17)30-2)15-11-23-26-16(21(28)25-20(15)26)10-19(27)24-14-5-3-4-13(22)9-14/h3-9,11,16H,10H2,1-2H3,(H,24,27)(H,25,28). The van der Waals surface area contributed by atoms with Gasteiger partial charge in [-0.1, -0.05) is 12.1 Å². The summed E-state index contributed by atoms with van der Waals surface area (Å²) < 4.78 is 25.4. The molecule has 0 saturated carbocycles. The van der Waals surface area contributed by atoms with Crippen LogP contribution in [0.25, 0.3) is 11.1 Å². The van der Waals surface area contributed by atoms with Gasteiger partial charge in [-0.15, -0.1) is 0 Å². The van der Waals surface area contributed by atoms with Gasteiger partial charge in [0, 0.05) is 11.3 Å². The van der Waals surface area contributed by atoms with Gasteiger partial charge in [-0.05, 0) is 35.9 Å². The lowest BCUT2D eigenvalue weighted by atomic mass is 10.1. The number of nitrogens with one attached hydrogen (secondary N) is 2. The van der Waals surface area contributed by atoms with Gasteiger partial charge in [-0.25, -0.2) is 9.07 Å². The number of hydrogen-bond acceptors (Lipinski definition) is 5. The number of hydrogen-bond donors (Lipinski definition) is 2. The van der Waals surface area contributed by atoms with Crippen LogP contribution in [0, 0.1) is 5.82 Å². The highest BCUT2D eigenvalue weighted by molar-refractivity contribution is 6.04. The molecule has 9 heteroatoms. The predicted octanol–water partition coefficient (Wildman–Crippen LogP) is 3.23. The lowest BCUT2D eigenvalue weighted by Gasteiger charge is -2.10. The maximum atomic E-state index is 13.3. The maximum absolute atomic E-state index is 13.3. The van der Waals surface area contributed by atoms with Crippen molar-refractivity contribution in [1.29, 1.82) is 0 Å². The molecule has 0 bridgehead atoms. The molecule has 0 aliphatic carbocycles. The molecule has 1 atom stereocenters. The van der Waals surface area contributed by atoms with E-state index in [2.05, 4.69) is 15.7 Å². The van der Waals surface area contributed by atoms with E-state index in [9.17, 15) is 14.0 Å². The molecule has 0 saturated heterocycles. The minimum atomic E-state index is -0.803. The molecule has 3 aromatic rings. The average Bonchev–Trinajstić information content (AvgIpc) is 3.27. The van der Waals surface area contributed by atoms with Crippen molar-refractivity contribution in [2.75, 3.05) is 24.9 Å². The predicted molar refractivity (Wildman–Crippen MR) is 108 cm³/mol. The first kappa shape index (κ1) is 19.4. The molecule has 8 nitrogen and oxygen atoms in total. The van der Waals surface area contributed by atoms with E-state index in [1.807, 2.05) is 6.07 Å². The summed E-state index contributed by atoms with van der Waals surface area (Å²) in [4.78, 5) is 24.9. The fraction of sp³-hybridized carbons (Fsp3) is 0.190. The minimum Gasteiger partial charge on any atom is -0.493 e. The van der Waals surface area contributed by atoms with E-state index in [0.29, 0.717) is 28.6 Å². The molecule has 154 valence electrons. The van der Waals surface area contributed by atoms with Crippen molar-refractivity contribution in [1.82, 2.24) is 9.78 Å². The number of fused-ring (bicyclic) bond motifs is 1. The third-order valence-corrected chi connectivity index (χ3v) is 4.82. The molecule has 0 spiro atoms. The van der Waals surface area contributed by atoms with E-state index in [1.54, 1.807) is 38.6 Å². The number of benzene rings is 2. The first-order valence-electron chi connectivity index (χ1n) is 9.16. The molecule has 1 aromatic heterocycles. The Morgan fingerprint density at radius 3 is 2.73 bits per heavy atom. The SMILES string of the molecule is COc1ccc(-c2cnn3c2NC(=O)C3CC(=O)Nc2cccc(F)c2)cc1OC. The van der Waals surface area contributed by atoms with Crippen LogP contribution in [-0.2, 0) is 9.59 Å². The summed E-state index contributed by atoms with van der Waals surface area (Å²) in [6.07, 6.45) is 1.48. The van der Waals surface area contributed by atoms with Crippen LogP contribution >= 0.6 is 0 Å². The summed E-state index contributed by atoms with van der Waals surface area (Å²) in [5.41, 5.74) is 1.79. The minimum absolute atomic E-state index is 0.137. The van der Waals surface area contributed by atoms with Crippen molar-refractivity contribution < 1.29 is 23.5 Å². The number of halogens is 1. The number of methoxy groups -OCH3 is 2. The first-order valence-corrected chi connectivity index (χ1v) is 9.16. The Labute approximate surface area is 171 Å². The van der Waals surface area contributed by atoms with Crippen LogP contribution in [0.3, 0.4) is 0 Å². The fourth-order valence-corrected chi connectivity index (χ4v) is 3.38.